The van der Waals surface area contributed by atoms with E-state index >= 15 is 0 Å². The SMILES string of the molecule is c1ccc(-c2ccc(-c3ccccc3)c(-n3c4ccccc4c4cc5c(cc43)c3ccccc3n5-c3nc(-c4ccccc4)nc(-c4ccc5c6ccccc6n(-c6ccccc6)c5c4)n3)c2)cc1. The molecule has 322 valence electrons. The summed E-state index contributed by atoms with van der Waals surface area (Å²) in [5, 5.41) is 6.90. The van der Waals surface area contributed by atoms with Gasteiger partial charge < -0.3 is 9.13 Å². The van der Waals surface area contributed by atoms with Gasteiger partial charge in [-0.15, -0.1) is 0 Å². The third-order valence-electron chi connectivity index (χ3n) is 13.7. The van der Waals surface area contributed by atoms with Crippen LogP contribution in [-0.2, 0) is 0 Å². The Bertz CT molecular complexity index is 4280. The van der Waals surface area contributed by atoms with Gasteiger partial charge in [-0.25, -0.2) is 4.98 Å². The second-order valence-corrected chi connectivity index (χ2v) is 17.6. The van der Waals surface area contributed by atoms with E-state index in [4.69, 9.17) is 15.0 Å². The molecule has 0 atom stereocenters. The summed E-state index contributed by atoms with van der Waals surface area (Å²) in [6.45, 7) is 0. The van der Waals surface area contributed by atoms with Gasteiger partial charge in [0.1, 0.15) is 0 Å². The average Bonchev–Trinajstić information content (AvgIpc) is 4.05. The number of aromatic nitrogens is 6. The number of rotatable bonds is 7. The molecular weight excluding hydrogens is 841 g/mol. The Morgan fingerprint density at radius 2 is 0.696 bits per heavy atom. The van der Waals surface area contributed by atoms with Crippen LogP contribution in [0.2, 0.25) is 0 Å². The van der Waals surface area contributed by atoms with Gasteiger partial charge in [0.25, 0.3) is 0 Å². The lowest BCUT2D eigenvalue weighted by Gasteiger charge is -2.16. The Balaban J connectivity index is 1.03. The first kappa shape index (κ1) is 38.8. The van der Waals surface area contributed by atoms with Gasteiger partial charge in [0.2, 0.25) is 5.95 Å². The van der Waals surface area contributed by atoms with Crippen molar-refractivity contribution in [3.63, 3.8) is 0 Å². The van der Waals surface area contributed by atoms with E-state index in [1.807, 2.05) is 18.2 Å². The Morgan fingerprint density at radius 1 is 0.246 bits per heavy atom. The fraction of sp³-hybridized carbons (Fsp3) is 0. The number of benzene rings is 10. The molecule has 4 heterocycles. The van der Waals surface area contributed by atoms with Crippen LogP contribution in [0, 0.1) is 0 Å². The highest BCUT2D eigenvalue weighted by Crippen LogP contribution is 2.43. The molecule has 0 aliphatic rings. The topological polar surface area (TPSA) is 53.5 Å². The van der Waals surface area contributed by atoms with Gasteiger partial charge in [-0.1, -0.05) is 188 Å². The van der Waals surface area contributed by atoms with Crippen LogP contribution in [0.25, 0.3) is 128 Å². The highest BCUT2D eigenvalue weighted by atomic mass is 15.2. The normalized spacial score (nSPS) is 11.8. The fourth-order valence-corrected chi connectivity index (χ4v) is 10.6. The molecule has 10 aromatic carbocycles. The molecule has 14 aromatic rings. The van der Waals surface area contributed by atoms with E-state index in [2.05, 4.69) is 238 Å². The van der Waals surface area contributed by atoms with Gasteiger partial charge >= 0.3 is 0 Å². The zero-order chi connectivity index (χ0) is 45.4. The van der Waals surface area contributed by atoms with E-state index < -0.39 is 0 Å². The Kier molecular flexibility index (Phi) is 8.79. The number of hydrogen-bond acceptors (Lipinski definition) is 3. The predicted molar refractivity (Wildman–Crippen MR) is 285 cm³/mol. The molecule has 0 saturated heterocycles. The van der Waals surface area contributed by atoms with Crippen molar-refractivity contribution >= 4 is 65.4 Å². The maximum atomic E-state index is 5.44. The molecule has 0 bridgehead atoms. The van der Waals surface area contributed by atoms with Crippen LogP contribution in [0.15, 0.2) is 243 Å². The summed E-state index contributed by atoms with van der Waals surface area (Å²) in [5.41, 5.74) is 15.2. The zero-order valence-corrected chi connectivity index (χ0v) is 37.3. The molecule has 6 nitrogen and oxygen atoms in total. The highest BCUT2D eigenvalue weighted by Gasteiger charge is 2.23. The summed E-state index contributed by atoms with van der Waals surface area (Å²) in [4.78, 5) is 16.0. The Morgan fingerprint density at radius 3 is 1.33 bits per heavy atom. The molecule has 69 heavy (non-hydrogen) atoms. The number of hydrogen-bond donors (Lipinski definition) is 0. The lowest BCUT2D eigenvalue weighted by molar-refractivity contribution is 0.954. The van der Waals surface area contributed by atoms with Gasteiger partial charge in [0.15, 0.2) is 11.6 Å². The summed E-state index contributed by atoms with van der Waals surface area (Å²) in [7, 11) is 0. The molecule has 0 fully saturated rings. The predicted octanol–water partition coefficient (Wildman–Crippen LogP) is 15.8. The first-order valence-corrected chi connectivity index (χ1v) is 23.4. The van der Waals surface area contributed by atoms with Crippen molar-refractivity contribution in [3.05, 3.63) is 243 Å². The van der Waals surface area contributed by atoms with E-state index in [-0.39, 0.29) is 0 Å². The largest absolute Gasteiger partial charge is 0.309 e. The maximum absolute atomic E-state index is 5.44. The maximum Gasteiger partial charge on any atom is 0.238 e. The second-order valence-electron chi connectivity index (χ2n) is 17.6. The van der Waals surface area contributed by atoms with Crippen molar-refractivity contribution in [2.75, 3.05) is 0 Å². The number of fused-ring (bicyclic) bond motifs is 9. The Hall–Kier alpha value is -9.39. The molecule has 0 N–H and O–H groups in total. The van der Waals surface area contributed by atoms with Gasteiger partial charge in [-0.2, -0.15) is 9.97 Å². The molecule has 0 saturated carbocycles. The van der Waals surface area contributed by atoms with Crippen LogP contribution >= 0.6 is 0 Å². The van der Waals surface area contributed by atoms with Crippen molar-refractivity contribution < 1.29 is 0 Å². The van der Waals surface area contributed by atoms with Crippen LogP contribution in [0.3, 0.4) is 0 Å². The summed E-state index contributed by atoms with van der Waals surface area (Å²) in [5.74, 6) is 1.76. The second kappa shape index (κ2) is 15.6. The third kappa shape index (κ3) is 6.23. The highest BCUT2D eigenvalue weighted by molar-refractivity contribution is 6.19. The molecule has 6 heteroatoms. The molecule has 0 amide bonds. The monoisotopic (exact) mass is 880 g/mol. The molecule has 0 unspecified atom stereocenters. The summed E-state index contributed by atoms with van der Waals surface area (Å²) < 4.78 is 7.03. The molecule has 4 aromatic heterocycles. The molecule has 0 spiro atoms. The lowest BCUT2D eigenvalue weighted by Crippen LogP contribution is -2.06. The summed E-state index contributed by atoms with van der Waals surface area (Å²) in [6, 6.07) is 86.4. The van der Waals surface area contributed by atoms with Crippen LogP contribution in [0.1, 0.15) is 0 Å². The van der Waals surface area contributed by atoms with Crippen molar-refractivity contribution in [1.29, 1.82) is 0 Å². The lowest BCUT2D eigenvalue weighted by atomic mass is 9.98. The van der Waals surface area contributed by atoms with E-state index in [9.17, 15) is 0 Å². The average molecular weight is 881 g/mol. The third-order valence-corrected chi connectivity index (χ3v) is 13.7. The minimum absolute atomic E-state index is 0.554. The van der Waals surface area contributed by atoms with E-state index in [1.165, 1.54) is 21.7 Å². The summed E-state index contributed by atoms with van der Waals surface area (Å²) >= 11 is 0. The van der Waals surface area contributed by atoms with Crippen molar-refractivity contribution in [3.8, 4) is 62.4 Å². The fourth-order valence-electron chi connectivity index (χ4n) is 10.6. The van der Waals surface area contributed by atoms with E-state index in [1.54, 1.807) is 0 Å². The molecule has 0 aliphatic carbocycles. The Labute approximate surface area is 397 Å². The van der Waals surface area contributed by atoms with Crippen LogP contribution in [0.5, 0.6) is 0 Å². The van der Waals surface area contributed by atoms with Crippen molar-refractivity contribution in [2.24, 2.45) is 0 Å². The van der Waals surface area contributed by atoms with E-state index in [0.29, 0.717) is 17.6 Å². The van der Waals surface area contributed by atoms with Gasteiger partial charge in [-0.3, -0.25) is 4.57 Å². The number of para-hydroxylation sites is 4. The van der Waals surface area contributed by atoms with E-state index in [0.717, 1.165) is 88.5 Å². The van der Waals surface area contributed by atoms with Crippen molar-refractivity contribution in [1.82, 2.24) is 28.7 Å². The smallest absolute Gasteiger partial charge is 0.238 e. The molecule has 0 radical (unpaired) electrons. The molecular formula is C63H40N6. The van der Waals surface area contributed by atoms with Crippen LogP contribution < -0.4 is 0 Å². The van der Waals surface area contributed by atoms with Crippen LogP contribution in [0.4, 0.5) is 0 Å². The minimum atomic E-state index is 0.554. The van der Waals surface area contributed by atoms with Gasteiger partial charge in [0.05, 0.1) is 38.8 Å². The molecule has 0 aliphatic heterocycles. The first-order chi connectivity index (χ1) is 34.2. The quantitative estimate of drug-likeness (QED) is 0.160. The van der Waals surface area contributed by atoms with Gasteiger partial charge in [0, 0.05) is 54.7 Å². The first-order valence-electron chi connectivity index (χ1n) is 23.4. The summed E-state index contributed by atoms with van der Waals surface area (Å²) in [6.07, 6.45) is 0. The van der Waals surface area contributed by atoms with Crippen LogP contribution in [-0.4, -0.2) is 28.7 Å². The standard InChI is InChI=1S/C63H40N6/c1-5-19-41(20-6-1)44-33-35-47(42-21-7-2-8-22-42)57(37-44)68-55-31-17-14-28-49(55)52-40-60-53(39-59(52)68)50-29-15-18-32-56(50)69(60)63-65-61(43-23-9-3-10-24-43)64-62(66-63)45-34-36-51-48-27-13-16-30-54(48)67(58(51)38-45)46-25-11-4-12-26-46/h1-40H. The van der Waals surface area contributed by atoms with Crippen molar-refractivity contribution in [2.45, 2.75) is 0 Å². The zero-order valence-electron chi connectivity index (χ0n) is 37.3. The molecule has 14 rings (SSSR count). The minimum Gasteiger partial charge on any atom is -0.309 e. The number of nitrogens with zero attached hydrogens (tertiary/aromatic N) is 6. The van der Waals surface area contributed by atoms with Gasteiger partial charge in [-0.05, 0) is 71.3 Å².